The summed E-state index contributed by atoms with van der Waals surface area (Å²) in [6, 6.07) is 3.60. The van der Waals surface area contributed by atoms with E-state index in [1.165, 1.54) is 36.8 Å². The minimum atomic E-state index is -1.34. The van der Waals surface area contributed by atoms with Gasteiger partial charge in [-0.15, -0.1) is 0 Å². The van der Waals surface area contributed by atoms with Crippen LogP contribution in [0.15, 0.2) is 18.2 Å². The predicted molar refractivity (Wildman–Crippen MR) is 81.6 cm³/mol. The second-order valence-electron chi connectivity index (χ2n) is 5.13. The monoisotopic (exact) mass is 373 g/mol. The summed E-state index contributed by atoms with van der Waals surface area (Å²) >= 11 is 2.29. The van der Waals surface area contributed by atoms with E-state index in [4.69, 9.17) is 5.73 Å². The topological polar surface area (TPSA) is 63.3 Å². The van der Waals surface area contributed by atoms with Gasteiger partial charge >= 0.3 is 133 Å². The molecule has 0 radical (unpaired) electrons. The summed E-state index contributed by atoms with van der Waals surface area (Å²) in [5.41, 5.74) is 4.10. The maximum atomic E-state index is 14.2. The molecule has 2 aromatic rings. The van der Waals surface area contributed by atoms with E-state index >= 15 is 0 Å². The average molecular weight is 373 g/mol. The molecule has 0 saturated carbocycles. The molecule has 0 spiro atoms. The summed E-state index contributed by atoms with van der Waals surface area (Å²) in [5, 5.41) is 9.83. The number of thiophene rings is 1. The molecule has 0 fully saturated rings. The maximum absolute atomic E-state index is 14.2. The zero-order valence-electron chi connectivity index (χ0n) is 11.4. The van der Waals surface area contributed by atoms with Crippen molar-refractivity contribution in [2.75, 3.05) is 0 Å². The summed E-state index contributed by atoms with van der Waals surface area (Å²) in [5.74, 6) is -2.18. The predicted octanol–water partition coefficient (Wildman–Crippen LogP) is 1.28. The van der Waals surface area contributed by atoms with Crippen LogP contribution >= 0.6 is 11.3 Å². The third kappa shape index (κ3) is 3.18. The fourth-order valence-corrected chi connectivity index (χ4v) is 4.14. The zero-order valence-corrected chi connectivity index (χ0v) is 14.6. The van der Waals surface area contributed by atoms with Crippen molar-refractivity contribution in [1.82, 2.24) is 0 Å². The molecule has 1 heterocycles. The van der Waals surface area contributed by atoms with Gasteiger partial charge in [0.05, 0.1) is 0 Å². The third-order valence-corrected chi connectivity index (χ3v) is 5.40. The van der Waals surface area contributed by atoms with Crippen molar-refractivity contribution < 1.29 is 18.7 Å². The van der Waals surface area contributed by atoms with Gasteiger partial charge in [0.25, 0.3) is 0 Å². The van der Waals surface area contributed by atoms with Gasteiger partial charge in [-0.25, -0.2) is 0 Å². The van der Waals surface area contributed by atoms with E-state index in [0.717, 1.165) is 23.5 Å². The van der Waals surface area contributed by atoms with Crippen LogP contribution in [0.25, 0.3) is 10.4 Å². The van der Waals surface area contributed by atoms with E-state index in [-0.39, 0.29) is 16.7 Å². The number of carbonyl (C=O) groups excluding carboxylic acids is 1. The molecule has 0 aliphatic carbocycles. The van der Waals surface area contributed by atoms with Crippen molar-refractivity contribution in [2.45, 2.75) is 19.4 Å². The molecule has 1 amide bonds. The molecule has 1 aromatic carbocycles. The number of amides is 1. The van der Waals surface area contributed by atoms with Gasteiger partial charge in [-0.2, -0.15) is 0 Å². The van der Waals surface area contributed by atoms with Crippen molar-refractivity contribution in [3.05, 3.63) is 41.0 Å². The first-order chi connectivity index (χ1) is 9.61. The summed E-state index contributed by atoms with van der Waals surface area (Å²) in [7, 11) is 0. The molecule has 1 unspecified atom stereocenters. The van der Waals surface area contributed by atoms with Crippen molar-refractivity contribution in [2.24, 2.45) is 5.73 Å². The number of hydrogen-bond acceptors (Lipinski definition) is 3. The second kappa shape index (κ2) is 5.52. The SMILES string of the molecule is CC(C)(O)c1cc(F)c(-c2cc(C(N)=O)c([AsH2])s2)c(F)c1. The molecule has 2 rings (SSSR count). The molecule has 0 saturated heterocycles. The Labute approximate surface area is 133 Å². The Morgan fingerprint density at radius 3 is 2.19 bits per heavy atom. The van der Waals surface area contributed by atoms with E-state index in [0.29, 0.717) is 8.54 Å². The third-order valence-electron chi connectivity index (χ3n) is 3.02. The van der Waals surface area contributed by atoms with E-state index in [1.807, 2.05) is 0 Å². The summed E-state index contributed by atoms with van der Waals surface area (Å²) in [6.45, 7) is 2.90. The van der Waals surface area contributed by atoms with Crippen molar-refractivity contribution in [1.29, 1.82) is 0 Å². The Morgan fingerprint density at radius 1 is 1.29 bits per heavy atom. The van der Waals surface area contributed by atoms with Gasteiger partial charge in [0.2, 0.25) is 0 Å². The number of nitrogens with two attached hydrogens (primary N) is 1. The number of primary amides is 1. The first-order valence-electron chi connectivity index (χ1n) is 6.02. The first-order valence-corrected chi connectivity index (χ1v) is 8.05. The Balaban J connectivity index is 2.60. The molecule has 1 aromatic heterocycles. The van der Waals surface area contributed by atoms with Gasteiger partial charge in [-0.3, -0.25) is 0 Å². The first kappa shape index (κ1) is 16.1. The number of benzene rings is 1. The van der Waals surface area contributed by atoms with Crippen LogP contribution in [-0.4, -0.2) is 27.9 Å². The molecule has 1 atom stereocenters. The molecular weight excluding hydrogens is 359 g/mol. The zero-order chi connectivity index (χ0) is 15.9. The minimum absolute atomic E-state index is 0.147. The molecule has 21 heavy (non-hydrogen) atoms. The van der Waals surface area contributed by atoms with Crippen LogP contribution in [0.4, 0.5) is 8.78 Å². The molecule has 3 nitrogen and oxygen atoms in total. The van der Waals surface area contributed by atoms with Crippen LogP contribution in [-0.2, 0) is 5.60 Å². The fourth-order valence-electron chi connectivity index (χ4n) is 1.88. The van der Waals surface area contributed by atoms with Gasteiger partial charge in [0.15, 0.2) is 0 Å². The second-order valence-corrected chi connectivity index (χ2v) is 8.30. The normalized spacial score (nSPS) is 11.7. The van der Waals surface area contributed by atoms with Gasteiger partial charge in [0.1, 0.15) is 0 Å². The van der Waals surface area contributed by atoms with Gasteiger partial charge in [0, 0.05) is 0 Å². The summed E-state index contributed by atoms with van der Waals surface area (Å²) in [6.07, 6.45) is 0. The molecule has 0 bridgehead atoms. The summed E-state index contributed by atoms with van der Waals surface area (Å²) in [4.78, 5) is 11.5. The summed E-state index contributed by atoms with van der Waals surface area (Å²) < 4.78 is 29.1. The quantitative estimate of drug-likeness (QED) is 0.797. The average Bonchev–Trinajstić information content (AvgIpc) is 2.69. The van der Waals surface area contributed by atoms with Crippen molar-refractivity contribution in [3.8, 4) is 10.4 Å². The van der Waals surface area contributed by atoms with E-state index in [1.54, 1.807) is 0 Å². The Morgan fingerprint density at radius 2 is 1.81 bits per heavy atom. The number of hydrogen-bond donors (Lipinski definition) is 2. The van der Waals surface area contributed by atoms with E-state index in [9.17, 15) is 18.7 Å². The van der Waals surface area contributed by atoms with Crippen LogP contribution < -0.4 is 9.40 Å². The van der Waals surface area contributed by atoms with Gasteiger partial charge in [-0.05, 0) is 0 Å². The van der Waals surface area contributed by atoms with Gasteiger partial charge in [-0.1, -0.05) is 0 Å². The van der Waals surface area contributed by atoms with Crippen LogP contribution in [0.3, 0.4) is 0 Å². The van der Waals surface area contributed by atoms with Crippen LogP contribution in [0.5, 0.6) is 0 Å². The number of rotatable bonds is 3. The molecule has 0 aliphatic rings. The molecule has 112 valence electrons. The Kier molecular flexibility index (Phi) is 4.24. The van der Waals surface area contributed by atoms with E-state index < -0.39 is 23.1 Å². The van der Waals surface area contributed by atoms with Crippen LogP contribution in [0.2, 0.25) is 0 Å². The standard InChI is InChI=1S/C14H14AsF2NO2S/c1-14(2,20)6-3-8(16)11(9(17)4-6)10-5-7(13(18)19)12(15)21-10/h3-5,20H,15H2,1-2H3,(H2,18,19). The molecule has 7 heteroatoms. The Bertz CT molecular complexity index is 699. The van der Waals surface area contributed by atoms with Crippen LogP contribution in [0, 0.1) is 11.6 Å². The number of aliphatic hydroxyl groups is 1. The molecule has 3 N–H and O–H groups in total. The van der Waals surface area contributed by atoms with Crippen LogP contribution in [0.1, 0.15) is 29.8 Å². The Hall–Kier alpha value is -1.23. The van der Waals surface area contributed by atoms with Crippen molar-refractivity contribution >= 4 is 37.8 Å². The molecular formula is C14H14AsF2NO2S. The number of halogens is 2. The van der Waals surface area contributed by atoms with Gasteiger partial charge < -0.3 is 0 Å². The number of carbonyl (C=O) groups is 1. The van der Waals surface area contributed by atoms with Crippen molar-refractivity contribution in [3.63, 3.8) is 0 Å². The fraction of sp³-hybridized carbons (Fsp3) is 0.214. The molecule has 0 aliphatic heterocycles. The van der Waals surface area contributed by atoms with E-state index in [2.05, 4.69) is 0 Å².